The summed E-state index contributed by atoms with van der Waals surface area (Å²) in [5, 5.41) is 6.08. The zero-order chi connectivity index (χ0) is 13.0. The van der Waals surface area contributed by atoms with Gasteiger partial charge in [-0.25, -0.2) is 9.97 Å². The number of amides is 1. The molecular weight excluding hydrogens is 230 g/mol. The summed E-state index contributed by atoms with van der Waals surface area (Å²) < 4.78 is 0. The van der Waals surface area contributed by atoms with Crippen LogP contribution in [0.2, 0.25) is 0 Å². The minimum Gasteiger partial charge on any atom is -0.370 e. The molecule has 0 bridgehead atoms. The fraction of sp³-hybridized carbons (Fsp3) is 0.583. The third-order valence-corrected chi connectivity index (χ3v) is 3.01. The van der Waals surface area contributed by atoms with Gasteiger partial charge in [-0.15, -0.1) is 0 Å². The highest BCUT2D eigenvalue weighted by molar-refractivity contribution is 5.77. The molecule has 1 aliphatic rings. The van der Waals surface area contributed by atoms with Crippen molar-refractivity contribution in [2.75, 3.05) is 36.4 Å². The molecule has 0 aromatic carbocycles. The SMILES string of the molecule is CCNc1ncnc(N2CCNC(=O)CC2)c1C. The van der Waals surface area contributed by atoms with E-state index in [-0.39, 0.29) is 5.91 Å². The summed E-state index contributed by atoms with van der Waals surface area (Å²) in [7, 11) is 0. The quantitative estimate of drug-likeness (QED) is 0.818. The Morgan fingerprint density at radius 1 is 1.44 bits per heavy atom. The summed E-state index contributed by atoms with van der Waals surface area (Å²) >= 11 is 0. The van der Waals surface area contributed by atoms with Gasteiger partial charge in [0, 0.05) is 38.2 Å². The van der Waals surface area contributed by atoms with Gasteiger partial charge in [-0.05, 0) is 13.8 Å². The smallest absolute Gasteiger partial charge is 0.221 e. The van der Waals surface area contributed by atoms with Crippen molar-refractivity contribution >= 4 is 17.5 Å². The molecule has 0 spiro atoms. The van der Waals surface area contributed by atoms with E-state index in [1.807, 2.05) is 13.8 Å². The Morgan fingerprint density at radius 3 is 3.06 bits per heavy atom. The number of nitrogens with zero attached hydrogens (tertiary/aromatic N) is 3. The average molecular weight is 249 g/mol. The molecule has 0 unspecified atom stereocenters. The first-order chi connectivity index (χ1) is 8.72. The number of rotatable bonds is 3. The van der Waals surface area contributed by atoms with Crippen LogP contribution in [0.4, 0.5) is 11.6 Å². The third-order valence-electron chi connectivity index (χ3n) is 3.01. The van der Waals surface area contributed by atoms with Crippen LogP contribution in [0.25, 0.3) is 0 Å². The molecule has 1 saturated heterocycles. The van der Waals surface area contributed by atoms with Crippen LogP contribution in [0.1, 0.15) is 18.9 Å². The van der Waals surface area contributed by atoms with Gasteiger partial charge < -0.3 is 15.5 Å². The van der Waals surface area contributed by atoms with Crippen molar-refractivity contribution in [3.8, 4) is 0 Å². The topological polar surface area (TPSA) is 70.2 Å². The number of hydrogen-bond donors (Lipinski definition) is 2. The molecule has 0 atom stereocenters. The van der Waals surface area contributed by atoms with E-state index in [0.717, 1.165) is 30.3 Å². The van der Waals surface area contributed by atoms with E-state index >= 15 is 0 Å². The first-order valence-corrected chi connectivity index (χ1v) is 6.29. The van der Waals surface area contributed by atoms with Gasteiger partial charge in [-0.1, -0.05) is 0 Å². The number of anilines is 2. The lowest BCUT2D eigenvalue weighted by molar-refractivity contribution is -0.120. The zero-order valence-electron chi connectivity index (χ0n) is 10.9. The van der Waals surface area contributed by atoms with Crippen LogP contribution < -0.4 is 15.5 Å². The predicted octanol–water partition coefficient (Wildman–Crippen LogP) is 0.543. The number of hydrogen-bond acceptors (Lipinski definition) is 5. The summed E-state index contributed by atoms with van der Waals surface area (Å²) in [4.78, 5) is 22.0. The maximum atomic E-state index is 11.3. The van der Waals surface area contributed by atoms with Crippen LogP contribution in [-0.2, 0) is 4.79 Å². The van der Waals surface area contributed by atoms with Crippen molar-refractivity contribution in [1.82, 2.24) is 15.3 Å². The van der Waals surface area contributed by atoms with Gasteiger partial charge in [-0.3, -0.25) is 4.79 Å². The Kier molecular flexibility index (Phi) is 3.96. The summed E-state index contributed by atoms with van der Waals surface area (Å²) in [5.74, 6) is 1.89. The van der Waals surface area contributed by atoms with E-state index < -0.39 is 0 Å². The summed E-state index contributed by atoms with van der Waals surface area (Å²) in [5.41, 5.74) is 1.04. The number of carbonyl (C=O) groups is 1. The normalized spacial score (nSPS) is 16.1. The Labute approximate surface area is 107 Å². The van der Waals surface area contributed by atoms with Gasteiger partial charge in [0.05, 0.1) is 0 Å². The van der Waals surface area contributed by atoms with Crippen molar-refractivity contribution in [3.05, 3.63) is 11.9 Å². The molecule has 1 aromatic heterocycles. The number of carbonyl (C=O) groups excluding carboxylic acids is 1. The number of nitrogens with one attached hydrogen (secondary N) is 2. The van der Waals surface area contributed by atoms with Crippen LogP contribution in [0.15, 0.2) is 6.33 Å². The van der Waals surface area contributed by atoms with Crippen LogP contribution in [0, 0.1) is 6.92 Å². The Hall–Kier alpha value is -1.85. The van der Waals surface area contributed by atoms with Crippen molar-refractivity contribution in [1.29, 1.82) is 0 Å². The number of aromatic nitrogens is 2. The minimum atomic E-state index is 0.108. The van der Waals surface area contributed by atoms with Crippen LogP contribution in [0.3, 0.4) is 0 Å². The van der Waals surface area contributed by atoms with Gasteiger partial charge in [-0.2, -0.15) is 0 Å². The zero-order valence-corrected chi connectivity index (χ0v) is 10.9. The van der Waals surface area contributed by atoms with E-state index in [1.165, 1.54) is 0 Å². The van der Waals surface area contributed by atoms with E-state index in [0.29, 0.717) is 19.5 Å². The minimum absolute atomic E-state index is 0.108. The van der Waals surface area contributed by atoms with Gasteiger partial charge >= 0.3 is 0 Å². The largest absolute Gasteiger partial charge is 0.370 e. The molecular formula is C12H19N5O. The lowest BCUT2D eigenvalue weighted by atomic mass is 10.2. The second-order valence-electron chi connectivity index (χ2n) is 4.29. The highest BCUT2D eigenvalue weighted by atomic mass is 16.1. The van der Waals surface area contributed by atoms with E-state index in [4.69, 9.17) is 0 Å². The summed E-state index contributed by atoms with van der Waals surface area (Å²) in [6.45, 7) is 7.03. The second kappa shape index (κ2) is 5.66. The molecule has 2 rings (SSSR count). The third kappa shape index (κ3) is 2.69. The van der Waals surface area contributed by atoms with E-state index in [1.54, 1.807) is 6.33 Å². The maximum Gasteiger partial charge on any atom is 0.221 e. The molecule has 1 amide bonds. The molecule has 98 valence electrons. The molecule has 1 fully saturated rings. The molecule has 6 heteroatoms. The maximum absolute atomic E-state index is 11.3. The van der Waals surface area contributed by atoms with Crippen molar-refractivity contribution in [2.45, 2.75) is 20.3 Å². The van der Waals surface area contributed by atoms with Crippen LogP contribution in [0.5, 0.6) is 0 Å². The van der Waals surface area contributed by atoms with Crippen molar-refractivity contribution in [2.24, 2.45) is 0 Å². The molecule has 1 aromatic rings. The van der Waals surface area contributed by atoms with Crippen molar-refractivity contribution in [3.63, 3.8) is 0 Å². The van der Waals surface area contributed by atoms with Gasteiger partial charge in [0.15, 0.2) is 0 Å². The summed E-state index contributed by atoms with van der Waals surface area (Å²) in [6, 6.07) is 0. The highest BCUT2D eigenvalue weighted by Gasteiger charge is 2.17. The molecule has 0 saturated carbocycles. The second-order valence-corrected chi connectivity index (χ2v) is 4.29. The first-order valence-electron chi connectivity index (χ1n) is 6.29. The van der Waals surface area contributed by atoms with E-state index in [9.17, 15) is 4.79 Å². The highest BCUT2D eigenvalue weighted by Crippen LogP contribution is 2.22. The fourth-order valence-electron chi connectivity index (χ4n) is 2.08. The molecule has 0 aliphatic carbocycles. The first kappa shape index (κ1) is 12.6. The average Bonchev–Trinajstić information content (AvgIpc) is 2.57. The molecule has 18 heavy (non-hydrogen) atoms. The molecule has 1 aliphatic heterocycles. The van der Waals surface area contributed by atoms with Gasteiger partial charge in [0.1, 0.15) is 18.0 Å². The molecule has 2 N–H and O–H groups in total. The molecule has 6 nitrogen and oxygen atoms in total. The standard InChI is InChI=1S/C12H19N5O/c1-3-13-11-9(2)12(16-8-15-11)17-6-4-10(18)14-5-7-17/h8H,3-7H2,1-2H3,(H,14,18)(H,13,15,16). The Balaban J connectivity index is 2.21. The predicted molar refractivity (Wildman–Crippen MR) is 70.8 cm³/mol. The Bertz CT molecular complexity index is 434. The molecule has 0 radical (unpaired) electrons. The lowest BCUT2D eigenvalue weighted by Crippen LogP contribution is -2.29. The van der Waals surface area contributed by atoms with Crippen molar-refractivity contribution < 1.29 is 4.79 Å². The van der Waals surface area contributed by atoms with E-state index in [2.05, 4.69) is 25.5 Å². The monoisotopic (exact) mass is 249 g/mol. The van der Waals surface area contributed by atoms with Crippen LogP contribution in [-0.4, -0.2) is 42.1 Å². The fourth-order valence-corrected chi connectivity index (χ4v) is 2.08. The van der Waals surface area contributed by atoms with Crippen LogP contribution >= 0.6 is 0 Å². The Morgan fingerprint density at radius 2 is 2.28 bits per heavy atom. The van der Waals surface area contributed by atoms with Gasteiger partial charge in [0.2, 0.25) is 5.91 Å². The molecule has 2 heterocycles. The summed E-state index contributed by atoms with van der Waals surface area (Å²) in [6.07, 6.45) is 2.08. The van der Waals surface area contributed by atoms with Gasteiger partial charge in [0.25, 0.3) is 0 Å². The lowest BCUT2D eigenvalue weighted by Gasteiger charge is -2.23.